The van der Waals surface area contributed by atoms with E-state index in [-0.39, 0.29) is 5.56 Å². The summed E-state index contributed by atoms with van der Waals surface area (Å²) < 4.78 is 92.3. The minimum absolute atomic E-state index is 0.270. The van der Waals surface area contributed by atoms with Crippen molar-refractivity contribution in [3.05, 3.63) is 77.2 Å². The number of benzene rings is 1. The van der Waals surface area contributed by atoms with Gasteiger partial charge in [-0.25, -0.2) is 14.4 Å². The molecule has 0 unspecified atom stereocenters. The van der Waals surface area contributed by atoms with Gasteiger partial charge in [0.15, 0.2) is 11.7 Å². The number of alkyl halides is 7. The number of rotatable bonds is 4. The van der Waals surface area contributed by atoms with Crippen LogP contribution in [-0.4, -0.2) is 47.2 Å². The molecule has 4 nitrogen and oxygen atoms in total. The van der Waals surface area contributed by atoms with Gasteiger partial charge in [-0.3, -0.25) is 4.98 Å². The van der Waals surface area contributed by atoms with Crippen molar-refractivity contribution < 1.29 is 30.7 Å². The van der Waals surface area contributed by atoms with Crippen molar-refractivity contribution in [2.24, 2.45) is 4.99 Å². The van der Waals surface area contributed by atoms with Gasteiger partial charge in [0.25, 0.3) is 0 Å². The smallest absolute Gasteiger partial charge is 0.361 e. The normalized spacial score (nSPS) is 13.2. The first-order valence-corrected chi connectivity index (χ1v) is 10.2. The Kier molecular flexibility index (Phi) is 6.92. The highest BCUT2D eigenvalue weighted by Crippen LogP contribution is 2.53. The van der Waals surface area contributed by atoms with E-state index in [0.29, 0.717) is 40.6 Å². The zero-order valence-corrected chi connectivity index (χ0v) is 19.1. The minimum Gasteiger partial charge on any atom is -0.361 e. The van der Waals surface area contributed by atoms with Gasteiger partial charge in [-0.1, -0.05) is 30.3 Å². The van der Waals surface area contributed by atoms with E-state index in [2.05, 4.69) is 15.0 Å². The second-order valence-electron chi connectivity index (χ2n) is 8.14. The molecule has 0 atom stereocenters. The topological polar surface area (TPSA) is 41.4 Å². The number of aromatic nitrogens is 2. The van der Waals surface area contributed by atoms with E-state index in [1.807, 2.05) is 13.0 Å². The Labute approximate surface area is 197 Å². The first-order valence-electron chi connectivity index (χ1n) is 10.2. The largest absolute Gasteiger partial charge is 0.435 e. The Hall–Kier alpha value is -3.50. The van der Waals surface area contributed by atoms with Crippen molar-refractivity contribution in [1.82, 2.24) is 14.9 Å². The summed E-state index contributed by atoms with van der Waals surface area (Å²) in [7, 11) is 3.54. The van der Waals surface area contributed by atoms with Crippen molar-refractivity contribution >= 4 is 11.7 Å². The van der Waals surface area contributed by atoms with Gasteiger partial charge >= 0.3 is 18.0 Å². The van der Waals surface area contributed by atoms with E-state index in [4.69, 9.17) is 0 Å². The lowest BCUT2D eigenvalue weighted by atomic mass is 9.92. The third kappa shape index (κ3) is 5.13. The highest BCUT2D eigenvalue weighted by atomic mass is 19.4. The Bertz CT molecular complexity index is 1200. The van der Waals surface area contributed by atoms with Crippen LogP contribution in [0.4, 0.5) is 36.6 Å². The quantitative estimate of drug-likeness (QED) is 0.229. The number of pyridine rings is 2. The molecular weight excluding hydrogens is 477 g/mol. The second kappa shape index (κ2) is 9.27. The second-order valence-corrected chi connectivity index (χ2v) is 8.14. The molecule has 2 heterocycles. The SMILES string of the molecule is Cc1ccc(N=C(c2ncc(-c3ccc(C(F)(C(F)(F)F)C(F)(F)F)cc3)cc2C)N(C)C)nc1. The van der Waals surface area contributed by atoms with Gasteiger partial charge in [0.2, 0.25) is 0 Å². The molecule has 0 saturated heterocycles. The first-order chi connectivity index (χ1) is 16.1. The molecule has 1 aromatic carbocycles. The summed E-state index contributed by atoms with van der Waals surface area (Å²) in [4.78, 5) is 14.9. The average molecular weight is 498 g/mol. The maximum absolute atomic E-state index is 14.3. The van der Waals surface area contributed by atoms with Gasteiger partial charge < -0.3 is 4.90 Å². The fraction of sp³-hybridized carbons (Fsp3) is 0.292. The number of nitrogens with zero attached hydrogens (tertiary/aromatic N) is 4. The molecule has 0 spiro atoms. The summed E-state index contributed by atoms with van der Waals surface area (Å²) >= 11 is 0. The summed E-state index contributed by atoms with van der Waals surface area (Å²) in [5.41, 5.74) is -4.20. The first kappa shape index (κ1) is 26.1. The molecule has 186 valence electrons. The molecule has 0 bridgehead atoms. The Morgan fingerprint density at radius 3 is 1.83 bits per heavy atom. The van der Waals surface area contributed by atoms with E-state index in [0.717, 1.165) is 17.7 Å². The number of hydrogen-bond acceptors (Lipinski definition) is 3. The number of aryl methyl sites for hydroxylation is 2. The number of hydrogen-bond donors (Lipinski definition) is 0. The Morgan fingerprint density at radius 2 is 1.37 bits per heavy atom. The van der Waals surface area contributed by atoms with Gasteiger partial charge in [-0.15, -0.1) is 0 Å². The van der Waals surface area contributed by atoms with Gasteiger partial charge in [0.05, 0.1) is 0 Å². The van der Waals surface area contributed by atoms with E-state index in [1.54, 1.807) is 44.2 Å². The van der Waals surface area contributed by atoms with Gasteiger partial charge in [-0.05, 0) is 42.7 Å². The van der Waals surface area contributed by atoms with Gasteiger partial charge in [0, 0.05) is 37.6 Å². The van der Waals surface area contributed by atoms with E-state index < -0.39 is 23.6 Å². The number of amidine groups is 1. The molecule has 0 aliphatic carbocycles. The molecule has 0 saturated carbocycles. The molecule has 0 fully saturated rings. The van der Waals surface area contributed by atoms with Crippen molar-refractivity contribution in [2.45, 2.75) is 31.9 Å². The molecular formula is C24H21F7N4. The lowest BCUT2D eigenvalue weighted by Gasteiger charge is -2.30. The third-order valence-corrected chi connectivity index (χ3v) is 5.23. The van der Waals surface area contributed by atoms with Gasteiger partial charge in [0.1, 0.15) is 5.69 Å². The number of halogens is 7. The van der Waals surface area contributed by atoms with Crippen molar-refractivity contribution in [1.29, 1.82) is 0 Å². The third-order valence-electron chi connectivity index (χ3n) is 5.23. The van der Waals surface area contributed by atoms with Crippen molar-refractivity contribution in [3.63, 3.8) is 0 Å². The fourth-order valence-electron chi connectivity index (χ4n) is 3.35. The summed E-state index contributed by atoms with van der Waals surface area (Å²) in [5.74, 6) is 0.961. The van der Waals surface area contributed by atoms with E-state index in [1.165, 1.54) is 6.20 Å². The summed E-state index contributed by atoms with van der Waals surface area (Å²) in [6, 6.07) is 8.22. The standard InChI is InChI=1S/C24H21F7N4/c1-14-5-10-19(32-12-14)34-21(35(3)4)20-15(2)11-17(13-33-20)16-6-8-18(9-7-16)22(25,23(26,27)28)24(29,30)31/h5-13H,1-4H3. The average Bonchev–Trinajstić information content (AvgIpc) is 2.77. The monoisotopic (exact) mass is 498 g/mol. The summed E-state index contributed by atoms with van der Waals surface area (Å²) in [5, 5.41) is 0. The highest BCUT2D eigenvalue weighted by Gasteiger charge is 2.73. The molecule has 3 rings (SSSR count). The van der Waals surface area contributed by atoms with Crippen LogP contribution in [0.5, 0.6) is 0 Å². The van der Waals surface area contributed by atoms with Crippen LogP contribution < -0.4 is 0 Å². The van der Waals surface area contributed by atoms with Crippen LogP contribution in [0.1, 0.15) is 22.4 Å². The lowest BCUT2D eigenvalue weighted by Crippen LogP contribution is -2.50. The van der Waals surface area contributed by atoms with Crippen LogP contribution in [0.15, 0.2) is 59.9 Å². The maximum Gasteiger partial charge on any atom is 0.435 e. The molecule has 0 N–H and O–H groups in total. The maximum atomic E-state index is 14.3. The van der Waals surface area contributed by atoms with E-state index >= 15 is 0 Å². The molecule has 0 aliphatic rings. The molecule has 0 amide bonds. The number of aliphatic imine (C=N–C) groups is 1. The van der Waals surface area contributed by atoms with Crippen LogP contribution >= 0.6 is 0 Å². The van der Waals surface area contributed by atoms with Gasteiger partial charge in [-0.2, -0.15) is 26.3 Å². The van der Waals surface area contributed by atoms with Crippen LogP contribution in [0, 0.1) is 13.8 Å². The summed E-state index contributed by atoms with van der Waals surface area (Å²) in [6.07, 6.45) is -9.25. The molecule has 0 radical (unpaired) electrons. The molecule has 35 heavy (non-hydrogen) atoms. The zero-order valence-electron chi connectivity index (χ0n) is 19.1. The highest BCUT2D eigenvalue weighted by molar-refractivity contribution is 5.99. The molecule has 0 aliphatic heterocycles. The van der Waals surface area contributed by atoms with Crippen LogP contribution in [0.2, 0.25) is 0 Å². The zero-order chi connectivity index (χ0) is 26.2. The molecule has 2 aromatic heterocycles. The lowest BCUT2D eigenvalue weighted by molar-refractivity contribution is -0.348. The van der Waals surface area contributed by atoms with Crippen molar-refractivity contribution in [2.75, 3.05) is 14.1 Å². The van der Waals surface area contributed by atoms with Crippen molar-refractivity contribution in [3.8, 4) is 11.1 Å². The predicted octanol–water partition coefficient (Wildman–Crippen LogP) is 6.69. The van der Waals surface area contributed by atoms with Crippen LogP contribution in [-0.2, 0) is 5.67 Å². The fourth-order valence-corrected chi connectivity index (χ4v) is 3.35. The molecule has 11 heteroatoms. The molecule has 3 aromatic rings. The Morgan fingerprint density at radius 1 is 0.771 bits per heavy atom. The summed E-state index contributed by atoms with van der Waals surface area (Å²) in [6.45, 7) is 3.63. The van der Waals surface area contributed by atoms with Crippen LogP contribution in [0.25, 0.3) is 11.1 Å². The predicted molar refractivity (Wildman–Crippen MR) is 118 cm³/mol. The Balaban J connectivity index is 1.98. The van der Waals surface area contributed by atoms with Crippen LogP contribution in [0.3, 0.4) is 0 Å². The van der Waals surface area contributed by atoms with E-state index in [9.17, 15) is 30.7 Å². The minimum atomic E-state index is -6.17.